The van der Waals surface area contributed by atoms with Gasteiger partial charge in [0.1, 0.15) is 27.6 Å². The van der Waals surface area contributed by atoms with Gasteiger partial charge in [0.25, 0.3) is 10.0 Å². The van der Waals surface area contributed by atoms with Crippen LogP contribution in [0, 0.1) is 17.2 Å². The molecule has 1 aliphatic rings. The number of benzene rings is 2. The molecular weight excluding hydrogens is 548 g/mol. The van der Waals surface area contributed by atoms with Crippen molar-refractivity contribution in [1.82, 2.24) is 0 Å². The molecule has 1 amide bonds. The van der Waals surface area contributed by atoms with Gasteiger partial charge in [0.2, 0.25) is 5.91 Å². The van der Waals surface area contributed by atoms with Crippen molar-refractivity contribution in [2.45, 2.75) is 44.0 Å². The zero-order valence-corrected chi connectivity index (χ0v) is 22.9. The Morgan fingerprint density at radius 3 is 2.58 bits per heavy atom. The molecule has 1 aromatic heterocycles. The number of halogens is 1. The maximum absolute atomic E-state index is 13.1. The Morgan fingerprint density at radius 2 is 1.92 bits per heavy atom. The quantitative estimate of drug-likeness (QED) is 0.285. The van der Waals surface area contributed by atoms with Crippen molar-refractivity contribution < 1.29 is 23.1 Å². The number of nitrogens with zero attached hydrogens (tertiary/aromatic N) is 1. The number of aromatic carboxylic acids is 1. The summed E-state index contributed by atoms with van der Waals surface area (Å²) in [7, 11) is -4.29. The second kappa shape index (κ2) is 11.0. The molecule has 0 bridgehead atoms. The maximum Gasteiger partial charge on any atom is 0.339 e. The van der Waals surface area contributed by atoms with E-state index < -0.39 is 38.4 Å². The van der Waals surface area contributed by atoms with E-state index in [0.29, 0.717) is 21.5 Å². The summed E-state index contributed by atoms with van der Waals surface area (Å²) in [5.74, 6) is -1.51. The standard InChI is InChI=1S/C26H25ClN4O5S2/c1-14-6-11-21-18(12-14)19(13-28)25(37-21)30-24(32)15(2)29-20-4-3-5-22(23(20)26(33)34)38(35,36)31-17-9-7-16(27)8-10-17/h3-5,7-10,14-15,29,31H,6,11-12H2,1-2H3,(H,30,32)(H,33,34). The van der Waals surface area contributed by atoms with Crippen LogP contribution in [0.1, 0.15) is 46.6 Å². The van der Waals surface area contributed by atoms with Gasteiger partial charge in [-0.25, -0.2) is 13.2 Å². The molecule has 4 N–H and O–H groups in total. The molecule has 1 aliphatic carbocycles. The van der Waals surface area contributed by atoms with E-state index in [9.17, 15) is 28.4 Å². The number of fused-ring (bicyclic) bond motifs is 1. The Kier molecular flexibility index (Phi) is 7.97. The van der Waals surface area contributed by atoms with Crippen molar-refractivity contribution in [1.29, 1.82) is 5.26 Å². The summed E-state index contributed by atoms with van der Waals surface area (Å²) >= 11 is 7.23. The molecule has 0 spiro atoms. The van der Waals surface area contributed by atoms with Gasteiger partial charge >= 0.3 is 5.97 Å². The molecule has 2 aromatic carbocycles. The zero-order chi connectivity index (χ0) is 27.6. The normalized spacial score (nSPS) is 15.6. The van der Waals surface area contributed by atoms with Gasteiger partial charge in [-0.05, 0) is 74.1 Å². The number of nitrogens with one attached hydrogen (secondary N) is 3. The predicted molar refractivity (Wildman–Crippen MR) is 148 cm³/mol. The number of aryl methyl sites for hydroxylation is 1. The third-order valence-corrected chi connectivity index (χ3v) is 9.13. The van der Waals surface area contributed by atoms with Gasteiger partial charge in [0.15, 0.2) is 0 Å². The van der Waals surface area contributed by atoms with Crippen LogP contribution in [0.25, 0.3) is 0 Å². The van der Waals surface area contributed by atoms with Crippen molar-refractivity contribution in [3.63, 3.8) is 0 Å². The Labute approximate surface area is 229 Å². The van der Waals surface area contributed by atoms with Crippen LogP contribution in [0.2, 0.25) is 5.02 Å². The zero-order valence-electron chi connectivity index (χ0n) is 20.5. The average molecular weight is 573 g/mol. The van der Waals surface area contributed by atoms with Crippen LogP contribution in [0.4, 0.5) is 16.4 Å². The molecule has 0 radical (unpaired) electrons. The minimum atomic E-state index is -4.29. The molecular formula is C26H25ClN4O5S2. The molecule has 0 fully saturated rings. The molecule has 12 heteroatoms. The van der Waals surface area contributed by atoms with E-state index in [2.05, 4.69) is 28.3 Å². The summed E-state index contributed by atoms with van der Waals surface area (Å²) in [5.41, 5.74) is 1.10. The summed E-state index contributed by atoms with van der Waals surface area (Å²) in [6.45, 7) is 3.65. The monoisotopic (exact) mass is 572 g/mol. The molecule has 3 aromatic rings. The maximum atomic E-state index is 13.1. The van der Waals surface area contributed by atoms with Gasteiger partial charge in [-0.2, -0.15) is 5.26 Å². The van der Waals surface area contributed by atoms with Crippen LogP contribution in [-0.2, 0) is 27.7 Å². The summed E-state index contributed by atoms with van der Waals surface area (Å²) in [4.78, 5) is 25.8. The van der Waals surface area contributed by atoms with E-state index in [4.69, 9.17) is 11.6 Å². The number of carboxylic acid groups (broad SMARTS) is 1. The van der Waals surface area contributed by atoms with E-state index >= 15 is 0 Å². The molecule has 2 unspecified atom stereocenters. The summed E-state index contributed by atoms with van der Waals surface area (Å²) < 4.78 is 28.5. The number of carboxylic acids is 1. The van der Waals surface area contributed by atoms with E-state index in [1.807, 2.05) is 0 Å². The van der Waals surface area contributed by atoms with Gasteiger partial charge in [-0.3, -0.25) is 9.52 Å². The fourth-order valence-electron chi connectivity index (χ4n) is 4.31. The molecule has 0 saturated heterocycles. The second-order valence-corrected chi connectivity index (χ2v) is 12.3. The number of hydrogen-bond acceptors (Lipinski definition) is 7. The number of nitriles is 1. The molecule has 1 heterocycles. The smallest absolute Gasteiger partial charge is 0.339 e. The third-order valence-electron chi connectivity index (χ3n) is 6.25. The van der Waals surface area contributed by atoms with Crippen molar-refractivity contribution in [3.8, 4) is 6.07 Å². The molecule has 9 nitrogen and oxygen atoms in total. The number of carbonyl (C=O) groups excluding carboxylic acids is 1. The minimum absolute atomic E-state index is 0.0427. The van der Waals surface area contributed by atoms with Crippen LogP contribution in [0.3, 0.4) is 0 Å². The number of amides is 1. The lowest BCUT2D eigenvalue weighted by atomic mass is 9.88. The number of anilines is 3. The van der Waals surface area contributed by atoms with Gasteiger partial charge in [-0.1, -0.05) is 24.6 Å². The van der Waals surface area contributed by atoms with E-state index in [1.165, 1.54) is 60.7 Å². The lowest BCUT2D eigenvalue weighted by molar-refractivity contribution is -0.116. The highest BCUT2D eigenvalue weighted by atomic mass is 35.5. The first-order valence-electron chi connectivity index (χ1n) is 11.8. The van der Waals surface area contributed by atoms with E-state index in [0.717, 1.165) is 29.7 Å². The first-order chi connectivity index (χ1) is 18.0. The molecule has 4 rings (SSSR count). The highest BCUT2D eigenvalue weighted by Crippen LogP contribution is 2.39. The van der Waals surface area contributed by atoms with Gasteiger partial charge in [0, 0.05) is 15.6 Å². The molecule has 2 atom stereocenters. The van der Waals surface area contributed by atoms with Gasteiger partial charge in [0.05, 0.1) is 11.3 Å². The topological polar surface area (TPSA) is 148 Å². The largest absolute Gasteiger partial charge is 0.478 e. The van der Waals surface area contributed by atoms with Crippen molar-refractivity contribution in [3.05, 3.63) is 69.1 Å². The lowest BCUT2D eigenvalue weighted by Crippen LogP contribution is -2.32. The number of thiophene rings is 1. The third kappa shape index (κ3) is 5.78. The first-order valence-corrected chi connectivity index (χ1v) is 14.4. The van der Waals surface area contributed by atoms with Gasteiger partial charge in [-0.15, -0.1) is 11.3 Å². The Morgan fingerprint density at radius 1 is 1.21 bits per heavy atom. The van der Waals surface area contributed by atoms with Gasteiger partial charge < -0.3 is 15.7 Å². The van der Waals surface area contributed by atoms with Crippen LogP contribution in [0.5, 0.6) is 0 Å². The number of sulfonamides is 1. The second-order valence-electron chi connectivity index (χ2n) is 9.12. The summed E-state index contributed by atoms with van der Waals surface area (Å²) in [5, 5.41) is 26.1. The van der Waals surface area contributed by atoms with E-state index in [-0.39, 0.29) is 11.4 Å². The number of rotatable bonds is 8. The number of hydrogen-bond donors (Lipinski definition) is 4. The van der Waals surface area contributed by atoms with Crippen LogP contribution in [-0.4, -0.2) is 31.4 Å². The van der Waals surface area contributed by atoms with Crippen LogP contribution in [0.15, 0.2) is 47.4 Å². The minimum Gasteiger partial charge on any atom is -0.478 e. The molecule has 38 heavy (non-hydrogen) atoms. The average Bonchev–Trinajstić information content (AvgIpc) is 3.20. The Balaban J connectivity index is 1.57. The van der Waals surface area contributed by atoms with E-state index in [1.54, 1.807) is 0 Å². The Bertz CT molecular complexity index is 1540. The van der Waals surface area contributed by atoms with Crippen molar-refractivity contribution in [2.24, 2.45) is 5.92 Å². The first kappa shape index (κ1) is 27.4. The SMILES string of the molecule is CC1CCc2sc(NC(=O)C(C)Nc3cccc(S(=O)(=O)Nc4ccc(Cl)cc4)c3C(=O)O)c(C#N)c2C1. The Hall–Kier alpha value is -3.59. The molecule has 198 valence electrons. The summed E-state index contributed by atoms with van der Waals surface area (Å²) in [6.07, 6.45) is 2.66. The van der Waals surface area contributed by atoms with Crippen LogP contribution < -0.4 is 15.4 Å². The number of carbonyl (C=O) groups is 2. The van der Waals surface area contributed by atoms with Crippen molar-refractivity contribution >= 4 is 61.2 Å². The predicted octanol–water partition coefficient (Wildman–Crippen LogP) is 5.34. The molecule has 0 aliphatic heterocycles. The van der Waals surface area contributed by atoms with Crippen molar-refractivity contribution in [2.75, 3.05) is 15.4 Å². The highest BCUT2D eigenvalue weighted by molar-refractivity contribution is 7.92. The fraction of sp³-hybridized carbons (Fsp3) is 0.269. The molecule has 0 saturated carbocycles. The lowest BCUT2D eigenvalue weighted by Gasteiger charge is -2.19. The van der Waals surface area contributed by atoms with Crippen LogP contribution >= 0.6 is 22.9 Å². The summed E-state index contributed by atoms with van der Waals surface area (Å²) in [6, 6.07) is 11.1. The fourth-order valence-corrected chi connectivity index (χ4v) is 6.91. The highest BCUT2D eigenvalue weighted by Gasteiger charge is 2.28.